The molecule has 1 fully saturated rings. The first kappa shape index (κ1) is 23.1. The Morgan fingerprint density at radius 1 is 1.06 bits per heavy atom. The van der Waals surface area contributed by atoms with Crippen molar-refractivity contribution < 1.29 is 17.4 Å². The predicted octanol–water partition coefficient (Wildman–Crippen LogP) is 5.54. The maximum atomic E-state index is 12.7. The van der Waals surface area contributed by atoms with Gasteiger partial charge in [0.2, 0.25) is 0 Å². The van der Waals surface area contributed by atoms with Crippen LogP contribution in [-0.4, -0.2) is 31.5 Å². The van der Waals surface area contributed by atoms with E-state index < -0.39 is 16.2 Å². The molecule has 6 nitrogen and oxygen atoms in total. The molecule has 0 spiro atoms. The number of H-pyrrole nitrogens is 1. The van der Waals surface area contributed by atoms with Crippen molar-refractivity contribution in [1.82, 2.24) is 10.3 Å². The first-order valence-electron chi connectivity index (χ1n) is 10.4. The summed E-state index contributed by atoms with van der Waals surface area (Å²) in [5, 5.41) is 4.71. The molecule has 1 aliphatic rings. The van der Waals surface area contributed by atoms with Crippen molar-refractivity contribution in [3.8, 4) is 0 Å². The number of hydrogen-bond acceptors (Lipinski definition) is 4. The summed E-state index contributed by atoms with van der Waals surface area (Å²) in [6, 6.07) is 10.2. The van der Waals surface area contributed by atoms with Crippen LogP contribution in [0.3, 0.4) is 0 Å². The highest BCUT2D eigenvalue weighted by atomic mass is 35.5. The first-order chi connectivity index (χ1) is 15.1. The smallest absolute Gasteiger partial charge is 0.297 e. The molecule has 32 heavy (non-hydrogen) atoms. The molecule has 2 aromatic carbocycles. The lowest BCUT2D eigenvalue weighted by atomic mass is 9.93. The predicted molar refractivity (Wildman–Crippen MR) is 126 cm³/mol. The van der Waals surface area contributed by atoms with E-state index in [-0.39, 0.29) is 16.8 Å². The Kier molecular flexibility index (Phi) is 6.54. The van der Waals surface area contributed by atoms with Gasteiger partial charge in [0.1, 0.15) is 5.69 Å². The second-order valence-corrected chi connectivity index (χ2v) is 10.7. The molecular weight excluding hydrogens is 471 g/mol. The van der Waals surface area contributed by atoms with E-state index in [1.165, 1.54) is 0 Å². The van der Waals surface area contributed by atoms with E-state index in [0.717, 1.165) is 10.9 Å². The summed E-state index contributed by atoms with van der Waals surface area (Å²) < 4.78 is 30.9. The molecule has 170 valence electrons. The molecule has 1 heterocycles. The standard InChI is InChI=1S/C23H24Cl2N2O4S/c1-13-3-8-22(14(2)9-13)32(29,30)31-17-6-4-16(5-7-17)26-23(28)21-12-18-19(25)10-15(24)11-20(18)27-21/h3,8-12,16-17,27H,4-7H2,1-2H3,(H,26,28). The topological polar surface area (TPSA) is 88.3 Å². The zero-order chi connectivity index (χ0) is 23.0. The molecule has 2 N–H and O–H groups in total. The number of benzene rings is 2. The van der Waals surface area contributed by atoms with Crippen molar-refractivity contribution in [1.29, 1.82) is 0 Å². The molecule has 0 atom stereocenters. The number of rotatable bonds is 5. The third-order valence-corrected chi connectivity index (χ3v) is 7.82. The minimum atomic E-state index is -3.83. The first-order valence-corrected chi connectivity index (χ1v) is 12.6. The van der Waals surface area contributed by atoms with Crippen LogP contribution in [0.25, 0.3) is 10.9 Å². The molecule has 4 rings (SSSR count). The van der Waals surface area contributed by atoms with Gasteiger partial charge in [0.05, 0.1) is 16.0 Å². The van der Waals surface area contributed by atoms with Gasteiger partial charge in [0.25, 0.3) is 16.0 Å². The van der Waals surface area contributed by atoms with Crippen molar-refractivity contribution in [3.05, 3.63) is 63.3 Å². The van der Waals surface area contributed by atoms with Gasteiger partial charge in [-0.1, -0.05) is 40.9 Å². The Balaban J connectivity index is 1.36. The summed E-state index contributed by atoms with van der Waals surface area (Å²) in [5.74, 6) is -0.236. The second-order valence-electron chi connectivity index (χ2n) is 8.30. The number of carbonyl (C=O) groups excluding carboxylic acids is 1. The van der Waals surface area contributed by atoms with E-state index in [1.54, 1.807) is 37.3 Å². The number of aryl methyl sites for hydroxylation is 2. The van der Waals surface area contributed by atoms with E-state index in [1.807, 2.05) is 13.0 Å². The highest BCUT2D eigenvalue weighted by Crippen LogP contribution is 2.29. The Labute approximate surface area is 197 Å². The van der Waals surface area contributed by atoms with Gasteiger partial charge in [-0.25, -0.2) is 0 Å². The molecule has 1 saturated carbocycles. The summed E-state index contributed by atoms with van der Waals surface area (Å²) in [6.07, 6.45) is 1.95. The lowest BCUT2D eigenvalue weighted by Gasteiger charge is -2.28. The van der Waals surface area contributed by atoms with Gasteiger partial charge < -0.3 is 10.3 Å². The van der Waals surface area contributed by atoms with Crippen LogP contribution < -0.4 is 5.32 Å². The largest absolute Gasteiger partial charge is 0.350 e. The maximum Gasteiger partial charge on any atom is 0.297 e. The Morgan fingerprint density at radius 3 is 2.47 bits per heavy atom. The van der Waals surface area contributed by atoms with Crippen LogP contribution >= 0.6 is 23.2 Å². The molecular formula is C23H24Cl2N2O4S. The summed E-state index contributed by atoms with van der Waals surface area (Å²) >= 11 is 12.2. The van der Waals surface area contributed by atoms with Gasteiger partial charge in [-0.05, 0) is 69.4 Å². The molecule has 0 aliphatic heterocycles. The Bertz CT molecular complexity index is 1280. The molecule has 0 radical (unpaired) electrons. The number of aromatic nitrogens is 1. The normalized spacial score (nSPS) is 19.2. The lowest BCUT2D eigenvalue weighted by Crippen LogP contribution is -2.39. The summed E-state index contributed by atoms with van der Waals surface area (Å²) in [4.78, 5) is 15.9. The van der Waals surface area contributed by atoms with E-state index >= 15 is 0 Å². The molecule has 0 saturated heterocycles. The van der Waals surface area contributed by atoms with Gasteiger partial charge in [-0.3, -0.25) is 8.98 Å². The molecule has 3 aromatic rings. The van der Waals surface area contributed by atoms with Gasteiger partial charge >= 0.3 is 0 Å². The fraction of sp³-hybridized carbons (Fsp3) is 0.348. The third kappa shape index (κ3) is 4.96. The number of nitrogens with one attached hydrogen (secondary N) is 2. The molecule has 0 unspecified atom stereocenters. The van der Waals surface area contributed by atoms with E-state index in [4.69, 9.17) is 27.4 Å². The molecule has 1 aromatic heterocycles. The van der Waals surface area contributed by atoms with Crippen LogP contribution in [0.5, 0.6) is 0 Å². The van der Waals surface area contributed by atoms with Crippen molar-refractivity contribution in [2.75, 3.05) is 0 Å². The van der Waals surface area contributed by atoms with E-state index in [9.17, 15) is 13.2 Å². The van der Waals surface area contributed by atoms with Crippen LogP contribution in [0.2, 0.25) is 10.0 Å². The van der Waals surface area contributed by atoms with Crippen LogP contribution in [0.1, 0.15) is 47.3 Å². The van der Waals surface area contributed by atoms with Crippen molar-refractivity contribution in [2.24, 2.45) is 0 Å². The van der Waals surface area contributed by atoms with Crippen LogP contribution in [0, 0.1) is 13.8 Å². The Hall–Kier alpha value is -2.06. The molecule has 1 aliphatic carbocycles. The van der Waals surface area contributed by atoms with Gasteiger partial charge in [-0.15, -0.1) is 0 Å². The van der Waals surface area contributed by atoms with Crippen molar-refractivity contribution >= 4 is 50.1 Å². The van der Waals surface area contributed by atoms with E-state index in [2.05, 4.69) is 10.3 Å². The maximum absolute atomic E-state index is 12.7. The SMILES string of the molecule is Cc1ccc(S(=O)(=O)OC2CCC(NC(=O)c3cc4c(Cl)cc(Cl)cc4[nH]3)CC2)c(C)c1. The van der Waals surface area contributed by atoms with Crippen molar-refractivity contribution in [3.63, 3.8) is 0 Å². The highest BCUT2D eigenvalue weighted by Gasteiger charge is 2.29. The highest BCUT2D eigenvalue weighted by molar-refractivity contribution is 7.86. The van der Waals surface area contributed by atoms with E-state index in [0.29, 0.717) is 52.5 Å². The number of carbonyl (C=O) groups is 1. The van der Waals surface area contributed by atoms with Gasteiger partial charge in [0, 0.05) is 22.0 Å². The van der Waals surface area contributed by atoms with Crippen LogP contribution in [-0.2, 0) is 14.3 Å². The van der Waals surface area contributed by atoms with Crippen LogP contribution in [0.4, 0.5) is 0 Å². The monoisotopic (exact) mass is 494 g/mol. The zero-order valence-electron chi connectivity index (χ0n) is 17.7. The summed E-state index contributed by atoms with van der Waals surface area (Å²) in [7, 11) is -3.83. The zero-order valence-corrected chi connectivity index (χ0v) is 20.1. The van der Waals surface area contributed by atoms with Crippen LogP contribution in [0.15, 0.2) is 41.3 Å². The number of amides is 1. The average molecular weight is 495 g/mol. The number of aromatic amines is 1. The summed E-state index contributed by atoms with van der Waals surface area (Å²) in [6.45, 7) is 3.68. The summed E-state index contributed by atoms with van der Waals surface area (Å²) in [5.41, 5.74) is 2.77. The number of hydrogen-bond donors (Lipinski definition) is 2. The average Bonchev–Trinajstić information content (AvgIpc) is 3.13. The molecule has 0 bridgehead atoms. The third-order valence-electron chi connectivity index (χ3n) is 5.77. The number of halogens is 2. The number of fused-ring (bicyclic) bond motifs is 1. The van der Waals surface area contributed by atoms with Gasteiger partial charge in [0.15, 0.2) is 0 Å². The second kappa shape index (κ2) is 9.06. The minimum absolute atomic E-state index is 0.0587. The Morgan fingerprint density at radius 2 is 1.78 bits per heavy atom. The fourth-order valence-corrected chi connectivity index (χ4v) is 6.05. The van der Waals surface area contributed by atoms with Crippen molar-refractivity contribution in [2.45, 2.75) is 56.6 Å². The van der Waals surface area contributed by atoms with Gasteiger partial charge in [-0.2, -0.15) is 8.42 Å². The lowest BCUT2D eigenvalue weighted by molar-refractivity contribution is 0.0893. The minimum Gasteiger partial charge on any atom is -0.350 e. The molecule has 1 amide bonds. The quantitative estimate of drug-likeness (QED) is 0.455. The molecule has 9 heteroatoms. The fourth-order valence-electron chi connectivity index (χ4n) is 4.16.